The van der Waals surface area contributed by atoms with E-state index in [1.54, 1.807) is 48.5 Å². The molecular formula is C13H10ClNO. The highest BCUT2D eigenvalue weighted by atomic mass is 35.5. The van der Waals surface area contributed by atoms with Crippen molar-refractivity contribution in [2.75, 3.05) is 5.73 Å². The van der Waals surface area contributed by atoms with Gasteiger partial charge in [0, 0.05) is 16.8 Å². The SMILES string of the molecule is Nc1ccccc1C(=O)c1ccccc1Cl. The number of carbonyl (C=O) groups is 1. The molecule has 2 aromatic rings. The van der Waals surface area contributed by atoms with Gasteiger partial charge in [0.05, 0.1) is 5.02 Å². The molecule has 2 aromatic carbocycles. The number of ketones is 1. The summed E-state index contributed by atoms with van der Waals surface area (Å²) in [5, 5.41) is 0.441. The third-order valence-corrected chi connectivity index (χ3v) is 2.65. The molecule has 0 aromatic heterocycles. The van der Waals surface area contributed by atoms with Crippen molar-refractivity contribution in [3.63, 3.8) is 0 Å². The summed E-state index contributed by atoms with van der Waals surface area (Å²) in [4.78, 5) is 12.1. The molecule has 0 aliphatic carbocycles. The maximum absolute atomic E-state index is 12.1. The second-order valence-corrected chi connectivity index (χ2v) is 3.80. The Bertz CT molecular complexity index is 489. The standard InChI is InChI=1S/C13H10ClNO/c14-11-7-3-1-5-9(11)13(16)10-6-2-4-8-12(10)15/h1-8H,15H2. The molecule has 0 amide bonds. The molecule has 2 nitrogen and oxygen atoms in total. The van der Waals surface area contributed by atoms with E-state index in [1.807, 2.05) is 0 Å². The minimum atomic E-state index is -0.149. The number of anilines is 1. The minimum Gasteiger partial charge on any atom is -0.398 e. The quantitative estimate of drug-likeness (QED) is 0.637. The molecule has 0 bridgehead atoms. The first-order chi connectivity index (χ1) is 7.70. The molecule has 0 unspecified atom stereocenters. The van der Waals surface area contributed by atoms with Crippen LogP contribution in [0.2, 0.25) is 5.02 Å². The Balaban J connectivity index is 2.48. The van der Waals surface area contributed by atoms with Crippen molar-refractivity contribution in [3.05, 3.63) is 64.7 Å². The lowest BCUT2D eigenvalue weighted by Gasteiger charge is -2.05. The Morgan fingerprint density at radius 3 is 2.12 bits per heavy atom. The zero-order valence-electron chi connectivity index (χ0n) is 8.48. The highest BCUT2D eigenvalue weighted by Crippen LogP contribution is 2.21. The summed E-state index contributed by atoms with van der Waals surface area (Å²) in [5.41, 5.74) is 7.17. The summed E-state index contributed by atoms with van der Waals surface area (Å²) in [7, 11) is 0. The summed E-state index contributed by atoms with van der Waals surface area (Å²) in [6, 6.07) is 13.9. The van der Waals surface area contributed by atoms with Crippen LogP contribution < -0.4 is 5.73 Å². The average molecular weight is 232 g/mol. The van der Waals surface area contributed by atoms with E-state index in [4.69, 9.17) is 17.3 Å². The molecule has 2 N–H and O–H groups in total. The van der Waals surface area contributed by atoms with Gasteiger partial charge in [0.1, 0.15) is 0 Å². The van der Waals surface area contributed by atoms with Gasteiger partial charge in [-0.1, -0.05) is 35.9 Å². The number of nitrogens with two attached hydrogens (primary N) is 1. The number of nitrogen functional groups attached to an aromatic ring is 1. The Morgan fingerprint density at radius 2 is 1.50 bits per heavy atom. The number of hydrogen-bond donors (Lipinski definition) is 1. The molecule has 0 radical (unpaired) electrons. The van der Waals surface area contributed by atoms with Gasteiger partial charge in [-0.15, -0.1) is 0 Å². The van der Waals surface area contributed by atoms with E-state index in [2.05, 4.69) is 0 Å². The fraction of sp³-hybridized carbons (Fsp3) is 0. The van der Waals surface area contributed by atoms with E-state index < -0.39 is 0 Å². The van der Waals surface area contributed by atoms with Crippen LogP contribution in [0, 0.1) is 0 Å². The van der Waals surface area contributed by atoms with Gasteiger partial charge in [-0.05, 0) is 24.3 Å². The summed E-state index contributed by atoms with van der Waals surface area (Å²) >= 11 is 5.96. The van der Waals surface area contributed by atoms with E-state index >= 15 is 0 Å². The predicted octanol–water partition coefficient (Wildman–Crippen LogP) is 3.15. The van der Waals surface area contributed by atoms with E-state index in [-0.39, 0.29) is 5.78 Å². The van der Waals surface area contributed by atoms with Crippen LogP contribution in [0.5, 0.6) is 0 Å². The first-order valence-corrected chi connectivity index (χ1v) is 5.21. The van der Waals surface area contributed by atoms with Crippen LogP contribution in [-0.2, 0) is 0 Å². The smallest absolute Gasteiger partial charge is 0.196 e. The van der Waals surface area contributed by atoms with Crippen molar-refractivity contribution in [1.29, 1.82) is 0 Å². The highest BCUT2D eigenvalue weighted by Gasteiger charge is 2.13. The topological polar surface area (TPSA) is 43.1 Å². The first kappa shape index (κ1) is 10.7. The molecule has 80 valence electrons. The summed E-state index contributed by atoms with van der Waals surface area (Å²) < 4.78 is 0. The second-order valence-electron chi connectivity index (χ2n) is 3.40. The Hall–Kier alpha value is -1.80. The van der Waals surface area contributed by atoms with Gasteiger partial charge in [0.25, 0.3) is 0 Å². The molecule has 3 heteroatoms. The summed E-state index contributed by atoms with van der Waals surface area (Å²) in [5.74, 6) is -0.149. The lowest BCUT2D eigenvalue weighted by molar-refractivity contribution is 0.103. The third-order valence-electron chi connectivity index (χ3n) is 2.32. The maximum atomic E-state index is 12.1. The Labute approximate surface area is 98.7 Å². The van der Waals surface area contributed by atoms with Crippen molar-refractivity contribution >= 4 is 23.1 Å². The van der Waals surface area contributed by atoms with Gasteiger partial charge < -0.3 is 5.73 Å². The van der Waals surface area contributed by atoms with E-state index in [0.29, 0.717) is 21.8 Å². The van der Waals surface area contributed by atoms with Crippen LogP contribution in [0.3, 0.4) is 0 Å². The molecular weight excluding hydrogens is 222 g/mol. The van der Waals surface area contributed by atoms with Crippen LogP contribution in [0.4, 0.5) is 5.69 Å². The number of rotatable bonds is 2. The molecule has 0 fully saturated rings. The molecule has 2 rings (SSSR count). The van der Waals surface area contributed by atoms with Crippen molar-refractivity contribution in [2.45, 2.75) is 0 Å². The fourth-order valence-electron chi connectivity index (χ4n) is 1.49. The van der Waals surface area contributed by atoms with Crippen LogP contribution in [0.15, 0.2) is 48.5 Å². The molecule has 0 aliphatic heterocycles. The molecule has 0 saturated carbocycles. The van der Waals surface area contributed by atoms with Crippen LogP contribution in [0.1, 0.15) is 15.9 Å². The zero-order valence-corrected chi connectivity index (χ0v) is 9.24. The normalized spacial score (nSPS) is 10.1. The van der Waals surface area contributed by atoms with Gasteiger partial charge >= 0.3 is 0 Å². The highest BCUT2D eigenvalue weighted by molar-refractivity contribution is 6.35. The van der Waals surface area contributed by atoms with Gasteiger partial charge in [-0.2, -0.15) is 0 Å². The van der Waals surface area contributed by atoms with Crippen molar-refractivity contribution in [3.8, 4) is 0 Å². The average Bonchev–Trinajstić information content (AvgIpc) is 2.29. The fourth-order valence-corrected chi connectivity index (χ4v) is 1.72. The monoisotopic (exact) mass is 231 g/mol. The molecule has 0 spiro atoms. The van der Waals surface area contributed by atoms with Gasteiger partial charge in [0.15, 0.2) is 5.78 Å². The summed E-state index contributed by atoms with van der Waals surface area (Å²) in [6.45, 7) is 0. The first-order valence-electron chi connectivity index (χ1n) is 4.84. The number of carbonyl (C=O) groups excluding carboxylic acids is 1. The molecule has 0 heterocycles. The van der Waals surface area contributed by atoms with Gasteiger partial charge in [0.2, 0.25) is 0 Å². The van der Waals surface area contributed by atoms with Crippen LogP contribution in [0.25, 0.3) is 0 Å². The Kier molecular flexibility index (Phi) is 2.93. The van der Waals surface area contributed by atoms with Gasteiger partial charge in [-0.25, -0.2) is 0 Å². The lowest BCUT2D eigenvalue weighted by atomic mass is 10.0. The maximum Gasteiger partial charge on any atom is 0.196 e. The predicted molar refractivity (Wildman–Crippen MR) is 65.7 cm³/mol. The second kappa shape index (κ2) is 4.37. The molecule has 0 aliphatic rings. The zero-order chi connectivity index (χ0) is 11.5. The number of benzene rings is 2. The molecule has 0 atom stereocenters. The summed E-state index contributed by atoms with van der Waals surface area (Å²) in [6.07, 6.45) is 0. The van der Waals surface area contributed by atoms with Crippen LogP contribution >= 0.6 is 11.6 Å². The number of halogens is 1. The number of para-hydroxylation sites is 1. The van der Waals surface area contributed by atoms with E-state index in [1.165, 1.54) is 0 Å². The minimum absolute atomic E-state index is 0.149. The largest absolute Gasteiger partial charge is 0.398 e. The van der Waals surface area contributed by atoms with Crippen molar-refractivity contribution < 1.29 is 4.79 Å². The van der Waals surface area contributed by atoms with Crippen LogP contribution in [-0.4, -0.2) is 5.78 Å². The third kappa shape index (κ3) is 1.92. The van der Waals surface area contributed by atoms with Crippen molar-refractivity contribution in [1.82, 2.24) is 0 Å². The Morgan fingerprint density at radius 1 is 0.938 bits per heavy atom. The van der Waals surface area contributed by atoms with E-state index in [9.17, 15) is 4.79 Å². The van der Waals surface area contributed by atoms with Crippen molar-refractivity contribution in [2.24, 2.45) is 0 Å². The molecule has 16 heavy (non-hydrogen) atoms. The lowest BCUT2D eigenvalue weighted by Crippen LogP contribution is -2.05. The number of hydrogen-bond acceptors (Lipinski definition) is 2. The molecule has 0 saturated heterocycles. The van der Waals surface area contributed by atoms with E-state index in [0.717, 1.165) is 0 Å². The van der Waals surface area contributed by atoms with Gasteiger partial charge in [-0.3, -0.25) is 4.79 Å².